The number of hydrogen-bond donors (Lipinski definition) is 1. The van der Waals surface area contributed by atoms with Gasteiger partial charge in [0.1, 0.15) is 23.4 Å². The van der Waals surface area contributed by atoms with Crippen molar-refractivity contribution in [3.05, 3.63) is 59.3 Å². The van der Waals surface area contributed by atoms with E-state index in [1.165, 1.54) is 12.1 Å². The molecule has 1 aliphatic rings. The number of amides is 2. The monoisotopic (exact) mass is 330 g/mol. The van der Waals surface area contributed by atoms with Crippen LogP contribution in [0.1, 0.15) is 29.9 Å². The highest BCUT2D eigenvalue weighted by Crippen LogP contribution is 2.22. The molecule has 1 fully saturated rings. The zero-order chi connectivity index (χ0) is 17.1. The first-order valence-corrected chi connectivity index (χ1v) is 7.90. The van der Waals surface area contributed by atoms with Crippen molar-refractivity contribution in [2.45, 2.75) is 38.9 Å². The molecule has 2 heterocycles. The second-order valence-corrected chi connectivity index (χ2v) is 5.93. The van der Waals surface area contributed by atoms with Crippen molar-refractivity contribution in [2.24, 2.45) is 0 Å². The van der Waals surface area contributed by atoms with E-state index in [1.807, 2.05) is 19.1 Å². The molecule has 1 N–H and O–H groups in total. The Labute approximate surface area is 139 Å². The Hall–Kier alpha value is -2.63. The van der Waals surface area contributed by atoms with Crippen molar-refractivity contribution in [1.82, 2.24) is 10.2 Å². The van der Waals surface area contributed by atoms with Crippen LogP contribution >= 0.6 is 0 Å². The molecule has 0 aliphatic carbocycles. The molecule has 2 amide bonds. The zero-order valence-electron chi connectivity index (χ0n) is 13.4. The standard InChI is InChI=1S/C18H19FN2O3/c1-12-2-7-15(24-12)11-21-16(8-9-17(21)22)18(23)20-10-13-3-5-14(19)6-4-13/h2-7,16H,8-11H2,1H3,(H,20,23)/t16-/m0/s1. The van der Waals surface area contributed by atoms with Gasteiger partial charge in [0, 0.05) is 13.0 Å². The first-order valence-electron chi connectivity index (χ1n) is 7.90. The van der Waals surface area contributed by atoms with Gasteiger partial charge in [-0.2, -0.15) is 0 Å². The van der Waals surface area contributed by atoms with Gasteiger partial charge in [0.25, 0.3) is 0 Å². The van der Waals surface area contributed by atoms with Gasteiger partial charge >= 0.3 is 0 Å². The van der Waals surface area contributed by atoms with Crippen LogP contribution < -0.4 is 5.32 Å². The van der Waals surface area contributed by atoms with Crippen LogP contribution in [0.15, 0.2) is 40.8 Å². The Morgan fingerprint density at radius 1 is 1.29 bits per heavy atom. The van der Waals surface area contributed by atoms with E-state index in [-0.39, 0.29) is 17.6 Å². The minimum absolute atomic E-state index is 0.0500. The molecular weight excluding hydrogens is 311 g/mol. The fraction of sp³-hybridized carbons (Fsp3) is 0.333. The molecule has 1 aromatic carbocycles. The average Bonchev–Trinajstić information content (AvgIpc) is 3.13. The molecule has 24 heavy (non-hydrogen) atoms. The predicted molar refractivity (Wildman–Crippen MR) is 85.3 cm³/mol. The van der Waals surface area contributed by atoms with Gasteiger partial charge in [-0.25, -0.2) is 4.39 Å². The molecule has 0 unspecified atom stereocenters. The Bertz CT molecular complexity index is 739. The van der Waals surface area contributed by atoms with E-state index in [4.69, 9.17) is 4.42 Å². The van der Waals surface area contributed by atoms with Gasteiger partial charge in [0.15, 0.2) is 0 Å². The zero-order valence-corrected chi connectivity index (χ0v) is 13.4. The second-order valence-electron chi connectivity index (χ2n) is 5.93. The third-order valence-corrected chi connectivity index (χ3v) is 4.13. The average molecular weight is 330 g/mol. The predicted octanol–water partition coefficient (Wildman–Crippen LogP) is 2.53. The number of furan rings is 1. The van der Waals surface area contributed by atoms with Crippen LogP contribution in [0.25, 0.3) is 0 Å². The van der Waals surface area contributed by atoms with E-state index in [0.717, 1.165) is 11.3 Å². The molecule has 0 spiro atoms. The Balaban J connectivity index is 1.62. The summed E-state index contributed by atoms with van der Waals surface area (Å²) in [6, 6.07) is 9.10. The van der Waals surface area contributed by atoms with Crippen molar-refractivity contribution in [1.29, 1.82) is 0 Å². The molecule has 0 bridgehead atoms. The summed E-state index contributed by atoms with van der Waals surface area (Å²) >= 11 is 0. The lowest BCUT2D eigenvalue weighted by Crippen LogP contribution is -2.44. The highest BCUT2D eigenvalue weighted by Gasteiger charge is 2.36. The van der Waals surface area contributed by atoms with E-state index >= 15 is 0 Å². The van der Waals surface area contributed by atoms with Gasteiger partial charge < -0.3 is 14.6 Å². The molecule has 1 aromatic heterocycles. The first-order chi connectivity index (χ1) is 11.5. The summed E-state index contributed by atoms with van der Waals surface area (Å²) in [7, 11) is 0. The number of nitrogens with zero attached hydrogens (tertiary/aromatic N) is 1. The van der Waals surface area contributed by atoms with Gasteiger partial charge in [-0.1, -0.05) is 12.1 Å². The molecule has 1 saturated heterocycles. The Morgan fingerprint density at radius 3 is 2.71 bits per heavy atom. The van der Waals surface area contributed by atoms with Crippen LogP contribution in [0.4, 0.5) is 4.39 Å². The Kier molecular flexibility index (Phi) is 4.64. The van der Waals surface area contributed by atoms with E-state index in [2.05, 4.69) is 5.32 Å². The largest absolute Gasteiger partial charge is 0.464 e. The molecule has 5 nitrogen and oxygen atoms in total. The number of hydrogen-bond acceptors (Lipinski definition) is 3. The highest BCUT2D eigenvalue weighted by molar-refractivity contribution is 5.90. The van der Waals surface area contributed by atoms with Crippen LogP contribution in [0.5, 0.6) is 0 Å². The second kappa shape index (κ2) is 6.86. The summed E-state index contributed by atoms with van der Waals surface area (Å²) in [6.45, 7) is 2.43. The molecule has 1 atom stereocenters. The van der Waals surface area contributed by atoms with E-state index < -0.39 is 6.04 Å². The maximum atomic E-state index is 12.9. The third-order valence-electron chi connectivity index (χ3n) is 4.13. The minimum atomic E-state index is -0.497. The van der Waals surface area contributed by atoms with Crippen LogP contribution in [-0.2, 0) is 22.7 Å². The maximum Gasteiger partial charge on any atom is 0.243 e. The van der Waals surface area contributed by atoms with E-state index in [9.17, 15) is 14.0 Å². The van der Waals surface area contributed by atoms with Crippen molar-refractivity contribution in [3.8, 4) is 0 Å². The maximum absolute atomic E-state index is 12.9. The molecule has 3 rings (SSSR count). The van der Waals surface area contributed by atoms with Crippen LogP contribution in [0.3, 0.4) is 0 Å². The number of aryl methyl sites for hydroxylation is 1. The van der Waals surface area contributed by atoms with Crippen molar-refractivity contribution in [2.75, 3.05) is 0 Å². The van der Waals surface area contributed by atoms with Crippen molar-refractivity contribution < 1.29 is 18.4 Å². The van der Waals surface area contributed by atoms with Crippen LogP contribution in [-0.4, -0.2) is 22.8 Å². The number of likely N-dealkylation sites (tertiary alicyclic amines) is 1. The molecule has 6 heteroatoms. The van der Waals surface area contributed by atoms with Crippen LogP contribution in [0, 0.1) is 12.7 Å². The normalized spacial score (nSPS) is 17.3. The summed E-state index contributed by atoms with van der Waals surface area (Å²) in [5.74, 6) is 0.874. The number of halogens is 1. The molecule has 1 aliphatic heterocycles. The van der Waals surface area contributed by atoms with Gasteiger partial charge in [0.2, 0.25) is 11.8 Å². The summed E-state index contributed by atoms with van der Waals surface area (Å²) in [5.41, 5.74) is 0.808. The number of carbonyl (C=O) groups excluding carboxylic acids is 2. The SMILES string of the molecule is Cc1ccc(CN2C(=O)CC[C@H]2C(=O)NCc2ccc(F)cc2)o1. The van der Waals surface area contributed by atoms with Gasteiger partial charge in [-0.05, 0) is 43.2 Å². The van der Waals surface area contributed by atoms with E-state index in [0.29, 0.717) is 31.7 Å². The van der Waals surface area contributed by atoms with E-state index in [1.54, 1.807) is 17.0 Å². The number of rotatable bonds is 5. The van der Waals surface area contributed by atoms with Crippen LogP contribution in [0.2, 0.25) is 0 Å². The molecule has 2 aromatic rings. The Morgan fingerprint density at radius 2 is 2.04 bits per heavy atom. The van der Waals surface area contributed by atoms with Gasteiger partial charge in [-0.3, -0.25) is 9.59 Å². The lowest BCUT2D eigenvalue weighted by molar-refractivity contribution is -0.136. The summed E-state index contributed by atoms with van der Waals surface area (Å²) in [4.78, 5) is 26.1. The summed E-state index contributed by atoms with van der Waals surface area (Å²) < 4.78 is 18.4. The fourth-order valence-electron chi connectivity index (χ4n) is 2.85. The smallest absolute Gasteiger partial charge is 0.243 e. The third kappa shape index (κ3) is 3.64. The molecule has 126 valence electrons. The van der Waals surface area contributed by atoms with Crippen molar-refractivity contribution in [3.63, 3.8) is 0 Å². The van der Waals surface area contributed by atoms with Gasteiger partial charge in [-0.15, -0.1) is 0 Å². The summed E-state index contributed by atoms with van der Waals surface area (Å²) in [6.07, 6.45) is 0.849. The lowest BCUT2D eigenvalue weighted by Gasteiger charge is -2.23. The quantitative estimate of drug-likeness (QED) is 0.916. The number of carbonyl (C=O) groups is 2. The number of nitrogens with one attached hydrogen (secondary N) is 1. The minimum Gasteiger partial charge on any atom is -0.464 e. The fourth-order valence-corrected chi connectivity index (χ4v) is 2.85. The molecule has 0 radical (unpaired) electrons. The molecular formula is C18H19FN2O3. The first kappa shape index (κ1) is 16.2. The van der Waals surface area contributed by atoms with Crippen molar-refractivity contribution >= 4 is 11.8 Å². The lowest BCUT2D eigenvalue weighted by atomic mass is 10.2. The summed E-state index contributed by atoms with van der Waals surface area (Å²) in [5, 5.41) is 2.82. The van der Waals surface area contributed by atoms with Gasteiger partial charge in [0.05, 0.1) is 6.54 Å². The highest BCUT2D eigenvalue weighted by atomic mass is 19.1. The topological polar surface area (TPSA) is 62.6 Å². The number of benzene rings is 1. The molecule has 0 saturated carbocycles.